The second-order valence-corrected chi connectivity index (χ2v) is 8.57. The highest BCUT2D eigenvalue weighted by atomic mass is 16.6. The van der Waals surface area contributed by atoms with Crippen molar-refractivity contribution in [3.63, 3.8) is 0 Å². The maximum atomic E-state index is 11.2. The number of aromatic amines is 1. The highest BCUT2D eigenvalue weighted by molar-refractivity contribution is 5.87. The van der Waals surface area contributed by atoms with Crippen molar-refractivity contribution >= 4 is 16.6 Å². The van der Waals surface area contributed by atoms with Crippen molar-refractivity contribution in [1.29, 1.82) is 0 Å². The average molecular weight is 389 g/mol. The third-order valence-electron chi connectivity index (χ3n) is 6.84. The predicted octanol–water partition coefficient (Wildman–Crippen LogP) is 5.77. The van der Waals surface area contributed by atoms with E-state index in [-0.39, 0.29) is 10.6 Å². The van der Waals surface area contributed by atoms with Gasteiger partial charge < -0.3 is 10.3 Å². The Hall–Kier alpha value is -2.66. The van der Waals surface area contributed by atoms with Gasteiger partial charge >= 0.3 is 0 Å². The van der Waals surface area contributed by atoms with Crippen LogP contribution in [-0.4, -0.2) is 15.9 Å². The van der Waals surface area contributed by atoms with Crippen LogP contribution in [0.15, 0.2) is 48.5 Å². The average Bonchev–Trinajstić information content (AvgIpc) is 3.14. The molecule has 1 heterocycles. The molecule has 0 spiro atoms. The Morgan fingerprint density at radius 3 is 2.55 bits per heavy atom. The van der Waals surface area contributed by atoms with Crippen LogP contribution >= 0.6 is 0 Å². The van der Waals surface area contributed by atoms with Gasteiger partial charge in [-0.1, -0.05) is 30.3 Å². The first-order valence-corrected chi connectivity index (χ1v) is 10.8. The number of aromatic nitrogens is 1. The van der Waals surface area contributed by atoms with E-state index in [1.54, 1.807) is 12.1 Å². The van der Waals surface area contributed by atoms with E-state index in [2.05, 4.69) is 40.6 Å². The van der Waals surface area contributed by atoms with E-state index < -0.39 is 0 Å². The summed E-state index contributed by atoms with van der Waals surface area (Å²) in [5.74, 6) is 0.685. The number of hydrogen-bond donors (Lipinski definition) is 2. The molecule has 2 aliphatic carbocycles. The van der Waals surface area contributed by atoms with Crippen LogP contribution in [0, 0.1) is 10.1 Å². The van der Waals surface area contributed by atoms with Crippen LogP contribution < -0.4 is 5.32 Å². The van der Waals surface area contributed by atoms with Crippen molar-refractivity contribution in [2.24, 2.45) is 0 Å². The van der Waals surface area contributed by atoms with Gasteiger partial charge in [0, 0.05) is 40.8 Å². The smallest absolute Gasteiger partial charge is 0.270 e. The van der Waals surface area contributed by atoms with E-state index in [0.29, 0.717) is 18.0 Å². The molecule has 1 atom stereocenters. The normalized spacial score (nSPS) is 24.3. The summed E-state index contributed by atoms with van der Waals surface area (Å²) in [7, 11) is 0. The lowest BCUT2D eigenvalue weighted by molar-refractivity contribution is -0.384. The molecule has 0 bridgehead atoms. The molecule has 150 valence electrons. The molecule has 0 radical (unpaired) electrons. The van der Waals surface area contributed by atoms with Gasteiger partial charge in [-0.15, -0.1) is 0 Å². The second-order valence-electron chi connectivity index (χ2n) is 8.57. The van der Waals surface area contributed by atoms with Gasteiger partial charge in [0.05, 0.1) is 4.92 Å². The molecule has 3 aromatic rings. The minimum Gasteiger partial charge on any atom is -0.357 e. The van der Waals surface area contributed by atoms with Gasteiger partial charge in [0.15, 0.2) is 0 Å². The Morgan fingerprint density at radius 2 is 1.79 bits per heavy atom. The van der Waals surface area contributed by atoms with Crippen molar-refractivity contribution in [2.45, 2.75) is 62.9 Å². The van der Waals surface area contributed by atoms with Gasteiger partial charge in [-0.05, 0) is 68.1 Å². The Labute approximate surface area is 170 Å². The van der Waals surface area contributed by atoms with E-state index in [9.17, 15) is 10.1 Å². The van der Waals surface area contributed by atoms with Gasteiger partial charge in [0.2, 0.25) is 0 Å². The molecule has 5 rings (SSSR count). The monoisotopic (exact) mass is 389 g/mol. The molecule has 0 saturated heterocycles. The van der Waals surface area contributed by atoms with Crippen molar-refractivity contribution in [1.82, 2.24) is 10.3 Å². The molecule has 5 heteroatoms. The van der Waals surface area contributed by atoms with Gasteiger partial charge in [0.25, 0.3) is 5.69 Å². The number of non-ortho nitro benzene ring substituents is 1. The number of nitrogens with one attached hydrogen (secondary N) is 2. The first-order valence-electron chi connectivity index (χ1n) is 10.8. The lowest BCUT2D eigenvalue weighted by atomic mass is 9.81. The topological polar surface area (TPSA) is 71.0 Å². The molecule has 0 unspecified atom stereocenters. The van der Waals surface area contributed by atoms with Crippen LogP contribution in [0.5, 0.6) is 0 Å². The standard InChI is InChI=1S/C24H27N3O2/c28-27(29)19-13-14-22-21(15-19)20-7-4-8-23(24(20)26-22)25-18-11-9-17(10-12-18)16-5-2-1-3-6-16/h1-3,5-6,13-15,17-18,23,25-26H,4,7-12H2/t17?,18?,23-/m0/s1. The molecule has 1 fully saturated rings. The number of nitrogens with zero attached hydrogens (tertiary/aromatic N) is 1. The maximum Gasteiger partial charge on any atom is 0.270 e. The molecular formula is C24H27N3O2. The Balaban J connectivity index is 1.31. The van der Waals surface area contributed by atoms with Gasteiger partial charge in [-0.3, -0.25) is 10.1 Å². The number of aryl methyl sites for hydroxylation is 1. The summed E-state index contributed by atoms with van der Waals surface area (Å²) in [6.45, 7) is 0. The fourth-order valence-corrected chi connectivity index (χ4v) is 5.33. The third kappa shape index (κ3) is 3.55. The number of nitro benzene ring substituents is 1. The van der Waals surface area contributed by atoms with Crippen molar-refractivity contribution in [3.05, 3.63) is 75.5 Å². The molecule has 0 amide bonds. The number of rotatable bonds is 4. The van der Waals surface area contributed by atoms with Crippen LogP contribution in [0.2, 0.25) is 0 Å². The first-order chi connectivity index (χ1) is 14.2. The molecule has 29 heavy (non-hydrogen) atoms. The summed E-state index contributed by atoms with van der Waals surface area (Å²) in [6, 6.07) is 16.9. The van der Waals surface area contributed by atoms with E-state index in [4.69, 9.17) is 0 Å². The number of H-pyrrole nitrogens is 1. The number of fused-ring (bicyclic) bond motifs is 3. The zero-order valence-corrected chi connectivity index (χ0v) is 16.6. The highest BCUT2D eigenvalue weighted by Crippen LogP contribution is 2.38. The Bertz CT molecular complexity index is 1020. The lowest BCUT2D eigenvalue weighted by Crippen LogP contribution is -2.37. The molecular weight excluding hydrogens is 362 g/mol. The van der Waals surface area contributed by atoms with Crippen molar-refractivity contribution in [3.8, 4) is 0 Å². The number of hydrogen-bond acceptors (Lipinski definition) is 3. The first kappa shape index (κ1) is 18.4. The molecule has 2 aromatic carbocycles. The largest absolute Gasteiger partial charge is 0.357 e. The molecule has 1 aromatic heterocycles. The van der Waals surface area contributed by atoms with E-state index in [1.165, 1.54) is 42.5 Å². The fraction of sp³-hybridized carbons (Fsp3) is 0.417. The van der Waals surface area contributed by atoms with Crippen LogP contribution in [0.4, 0.5) is 5.69 Å². The Morgan fingerprint density at radius 1 is 1.00 bits per heavy atom. The van der Waals surface area contributed by atoms with Crippen LogP contribution in [0.1, 0.15) is 67.3 Å². The second kappa shape index (κ2) is 7.64. The van der Waals surface area contributed by atoms with E-state index in [1.807, 2.05) is 6.07 Å². The van der Waals surface area contributed by atoms with Crippen LogP contribution in [0.25, 0.3) is 10.9 Å². The van der Waals surface area contributed by atoms with Crippen LogP contribution in [-0.2, 0) is 6.42 Å². The molecule has 5 nitrogen and oxygen atoms in total. The quantitative estimate of drug-likeness (QED) is 0.439. The van der Waals surface area contributed by atoms with Gasteiger partial charge in [-0.25, -0.2) is 0 Å². The summed E-state index contributed by atoms with van der Waals surface area (Å²) >= 11 is 0. The summed E-state index contributed by atoms with van der Waals surface area (Å²) in [5, 5.41) is 16.1. The maximum absolute atomic E-state index is 11.2. The number of benzene rings is 2. The summed E-state index contributed by atoms with van der Waals surface area (Å²) in [6.07, 6.45) is 8.13. The molecule has 2 aliphatic rings. The van der Waals surface area contributed by atoms with Crippen molar-refractivity contribution in [2.75, 3.05) is 0 Å². The summed E-state index contributed by atoms with van der Waals surface area (Å²) in [4.78, 5) is 14.4. The zero-order chi connectivity index (χ0) is 19.8. The summed E-state index contributed by atoms with van der Waals surface area (Å²) in [5.41, 5.74) is 5.18. The minimum atomic E-state index is -0.303. The summed E-state index contributed by atoms with van der Waals surface area (Å²) < 4.78 is 0. The molecule has 1 saturated carbocycles. The molecule has 0 aliphatic heterocycles. The number of nitro groups is 1. The zero-order valence-electron chi connectivity index (χ0n) is 16.6. The molecule has 2 N–H and O–H groups in total. The SMILES string of the molecule is O=[N+]([O-])c1ccc2[nH]c3c(c2c1)CCC[C@@H]3NC1CCC(c2ccccc2)CC1. The third-order valence-corrected chi connectivity index (χ3v) is 6.84. The van der Waals surface area contributed by atoms with Gasteiger partial charge in [0.1, 0.15) is 0 Å². The van der Waals surface area contributed by atoms with Crippen molar-refractivity contribution < 1.29 is 4.92 Å². The predicted molar refractivity (Wildman–Crippen MR) is 115 cm³/mol. The minimum absolute atomic E-state index is 0.175. The Kier molecular flexibility index (Phi) is 4.84. The lowest BCUT2D eigenvalue weighted by Gasteiger charge is -2.34. The fourth-order valence-electron chi connectivity index (χ4n) is 5.33. The van der Waals surface area contributed by atoms with E-state index >= 15 is 0 Å². The highest BCUT2D eigenvalue weighted by Gasteiger charge is 2.29. The van der Waals surface area contributed by atoms with E-state index in [0.717, 1.165) is 30.2 Å². The van der Waals surface area contributed by atoms with Crippen LogP contribution in [0.3, 0.4) is 0 Å². The van der Waals surface area contributed by atoms with Gasteiger partial charge in [-0.2, -0.15) is 0 Å².